The molecule has 0 amide bonds. The van der Waals surface area contributed by atoms with E-state index in [-0.39, 0.29) is 11.0 Å². The Morgan fingerprint density at radius 3 is 2.16 bits per heavy atom. The zero-order valence-corrected chi connectivity index (χ0v) is 11.0. The van der Waals surface area contributed by atoms with Gasteiger partial charge in [0, 0.05) is 5.57 Å². The fourth-order valence-electron chi connectivity index (χ4n) is 5.44. The highest BCUT2D eigenvalue weighted by Crippen LogP contribution is 2.66. The van der Waals surface area contributed by atoms with Gasteiger partial charge in [-0.25, -0.2) is 4.79 Å². The minimum atomic E-state index is -0.944. The Hall–Kier alpha value is -1.32. The third-order valence-corrected chi connectivity index (χ3v) is 5.53. The maximum absolute atomic E-state index is 11.7. The molecular formula is C15H20O4. The molecule has 0 saturated heterocycles. The second-order valence-electron chi connectivity index (χ2n) is 7.13. The van der Waals surface area contributed by atoms with E-state index in [2.05, 4.69) is 6.58 Å². The average molecular weight is 264 g/mol. The van der Waals surface area contributed by atoms with Crippen molar-refractivity contribution in [1.82, 2.24) is 0 Å². The topological polar surface area (TPSA) is 74.6 Å². The molecule has 2 unspecified atom stereocenters. The third-order valence-electron chi connectivity index (χ3n) is 5.53. The summed E-state index contributed by atoms with van der Waals surface area (Å²) in [5, 5.41) is 18.6. The Balaban J connectivity index is 1.89. The molecule has 4 rings (SSSR count). The van der Waals surface area contributed by atoms with E-state index in [1.165, 1.54) is 0 Å². The van der Waals surface area contributed by atoms with Gasteiger partial charge in [-0.05, 0) is 62.2 Å². The zero-order valence-electron chi connectivity index (χ0n) is 11.0. The molecule has 2 atom stereocenters. The van der Waals surface area contributed by atoms with Crippen molar-refractivity contribution in [3.05, 3.63) is 12.2 Å². The van der Waals surface area contributed by atoms with Gasteiger partial charge < -0.3 is 10.2 Å². The van der Waals surface area contributed by atoms with Crippen LogP contribution in [0.4, 0.5) is 0 Å². The molecule has 4 aliphatic rings. The third kappa shape index (κ3) is 1.88. The molecule has 4 aliphatic carbocycles. The van der Waals surface area contributed by atoms with Crippen LogP contribution in [0.25, 0.3) is 0 Å². The monoisotopic (exact) mass is 264 g/mol. The molecule has 4 fully saturated rings. The standard InChI is InChI=1S/C15H20O4/c1-9(12(16)17)3-14-4-10-2-11(5-14)7-15(6-10,8-14)13(18)19/h10-11H,1-8H2,(H,16,17)(H,18,19). The molecule has 0 spiro atoms. The molecule has 104 valence electrons. The fraction of sp³-hybridized carbons (Fsp3) is 0.733. The van der Waals surface area contributed by atoms with Crippen LogP contribution in [0.2, 0.25) is 0 Å². The SMILES string of the molecule is C=C(CC12CC3CC(C1)CC(C(=O)O)(C3)C2)C(=O)O. The summed E-state index contributed by atoms with van der Waals surface area (Å²) in [4.78, 5) is 22.7. The first-order valence-electron chi connectivity index (χ1n) is 6.99. The van der Waals surface area contributed by atoms with E-state index in [1.807, 2.05) is 0 Å². The summed E-state index contributed by atoms with van der Waals surface area (Å²) >= 11 is 0. The van der Waals surface area contributed by atoms with Crippen LogP contribution in [-0.2, 0) is 9.59 Å². The van der Waals surface area contributed by atoms with E-state index < -0.39 is 17.4 Å². The molecule has 0 radical (unpaired) electrons. The number of hydrogen-bond donors (Lipinski definition) is 2. The van der Waals surface area contributed by atoms with Crippen molar-refractivity contribution in [2.24, 2.45) is 22.7 Å². The molecule has 4 nitrogen and oxygen atoms in total. The van der Waals surface area contributed by atoms with E-state index >= 15 is 0 Å². The molecule has 0 aliphatic heterocycles. The van der Waals surface area contributed by atoms with Crippen molar-refractivity contribution in [2.45, 2.75) is 44.9 Å². The van der Waals surface area contributed by atoms with Crippen molar-refractivity contribution in [2.75, 3.05) is 0 Å². The maximum Gasteiger partial charge on any atom is 0.330 e. The van der Waals surface area contributed by atoms with Gasteiger partial charge in [-0.2, -0.15) is 0 Å². The van der Waals surface area contributed by atoms with Gasteiger partial charge in [0.15, 0.2) is 0 Å². The van der Waals surface area contributed by atoms with Crippen molar-refractivity contribution in [3.63, 3.8) is 0 Å². The lowest BCUT2D eigenvalue weighted by molar-refractivity contribution is -0.174. The molecule has 4 bridgehead atoms. The van der Waals surface area contributed by atoms with Crippen molar-refractivity contribution in [3.8, 4) is 0 Å². The van der Waals surface area contributed by atoms with Crippen molar-refractivity contribution >= 4 is 11.9 Å². The summed E-state index contributed by atoms with van der Waals surface area (Å²) in [6, 6.07) is 0. The lowest BCUT2D eigenvalue weighted by Gasteiger charge is -2.60. The quantitative estimate of drug-likeness (QED) is 0.765. The van der Waals surface area contributed by atoms with Gasteiger partial charge in [-0.3, -0.25) is 4.79 Å². The summed E-state index contributed by atoms with van der Waals surface area (Å²) < 4.78 is 0. The van der Waals surface area contributed by atoms with E-state index in [9.17, 15) is 14.7 Å². The largest absolute Gasteiger partial charge is 0.481 e. The predicted molar refractivity (Wildman–Crippen MR) is 68.6 cm³/mol. The van der Waals surface area contributed by atoms with E-state index in [1.54, 1.807) is 0 Å². The Morgan fingerprint density at radius 1 is 1.11 bits per heavy atom. The molecule has 0 aromatic heterocycles. The second-order valence-corrected chi connectivity index (χ2v) is 7.13. The molecule has 4 saturated carbocycles. The number of rotatable bonds is 4. The molecule has 0 aromatic rings. The van der Waals surface area contributed by atoms with Gasteiger partial charge in [0.1, 0.15) is 0 Å². The fourth-order valence-corrected chi connectivity index (χ4v) is 5.44. The van der Waals surface area contributed by atoms with Crippen molar-refractivity contribution < 1.29 is 19.8 Å². The number of carbonyl (C=O) groups is 2. The van der Waals surface area contributed by atoms with Crippen LogP contribution in [0, 0.1) is 22.7 Å². The smallest absolute Gasteiger partial charge is 0.330 e. The highest BCUT2D eigenvalue weighted by Gasteiger charge is 2.60. The van der Waals surface area contributed by atoms with Gasteiger partial charge in [-0.15, -0.1) is 0 Å². The lowest BCUT2D eigenvalue weighted by Crippen LogP contribution is -2.55. The summed E-state index contributed by atoms with van der Waals surface area (Å²) in [5.74, 6) is -0.676. The molecule has 4 heteroatoms. The first-order valence-corrected chi connectivity index (χ1v) is 6.99. The Labute approximate surface area is 112 Å². The number of carboxylic acids is 2. The predicted octanol–water partition coefficient (Wildman–Crippen LogP) is 2.69. The minimum absolute atomic E-state index is 0.113. The highest BCUT2D eigenvalue weighted by molar-refractivity contribution is 5.86. The Bertz CT molecular complexity index is 451. The first-order chi connectivity index (χ1) is 8.84. The average Bonchev–Trinajstić information content (AvgIpc) is 2.25. The molecule has 2 N–H and O–H groups in total. The Kier molecular flexibility index (Phi) is 2.57. The zero-order chi connectivity index (χ0) is 13.8. The van der Waals surface area contributed by atoms with E-state index in [4.69, 9.17) is 5.11 Å². The lowest BCUT2D eigenvalue weighted by atomic mass is 9.43. The molecular weight excluding hydrogens is 244 g/mol. The second kappa shape index (κ2) is 3.84. The normalized spacial score (nSPS) is 43.2. The van der Waals surface area contributed by atoms with Crippen LogP contribution in [0.1, 0.15) is 44.9 Å². The van der Waals surface area contributed by atoms with Gasteiger partial charge in [-0.1, -0.05) is 6.58 Å². The maximum atomic E-state index is 11.7. The van der Waals surface area contributed by atoms with E-state index in [0.717, 1.165) is 32.1 Å². The van der Waals surface area contributed by atoms with Gasteiger partial charge in [0.25, 0.3) is 0 Å². The van der Waals surface area contributed by atoms with E-state index in [0.29, 0.717) is 24.7 Å². The van der Waals surface area contributed by atoms with Gasteiger partial charge in [0.05, 0.1) is 5.41 Å². The van der Waals surface area contributed by atoms with Gasteiger partial charge >= 0.3 is 11.9 Å². The summed E-state index contributed by atoms with van der Waals surface area (Å²) in [5.41, 5.74) is -0.455. The number of aliphatic carboxylic acids is 2. The summed E-state index contributed by atoms with van der Waals surface area (Å²) in [7, 11) is 0. The summed E-state index contributed by atoms with van der Waals surface area (Å²) in [6.07, 6.45) is 5.81. The summed E-state index contributed by atoms with van der Waals surface area (Å²) in [6.45, 7) is 3.65. The molecule has 19 heavy (non-hydrogen) atoms. The van der Waals surface area contributed by atoms with Gasteiger partial charge in [0.2, 0.25) is 0 Å². The van der Waals surface area contributed by atoms with Crippen LogP contribution >= 0.6 is 0 Å². The molecule has 0 heterocycles. The van der Waals surface area contributed by atoms with Crippen LogP contribution < -0.4 is 0 Å². The highest BCUT2D eigenvalue weighted by atomic mass is 16.4. The number of hydrogen-bond acceptors (Lipinski definition) is 2. The Morgan fingerprint density at radius 2 is 1.68 bits per heavy atom. The van der Waals surface area contributed by atoms with Crippen LogP contribution in [0.5, 0.6) is 0 Å². The van der Waals surface area contributed by atoms with Crippen LogP contribution in [0.15, 0.2) is 12.2 Å². The van der Waals surface area contributed by atoms with Crippen LogP contribution in [-0.4, -0.2) is 22.2 Å². The minimum Gasteiger partial charge on any atom is -0.481 e. The first kappa shape index (κ1) is 12.7. The van der Waals surface area contributed by atoms with Crippen LogP contribution in [0.3, 0.4) is 0 Å². The van der Waals surface area contributed by atoms with Crippen molar-refractivity contribution in [1.29, 1.82) is 0 Å². The molecule has 0 aromatic carbocycles. The number of carboxylic acid groups (broad SMARTS) is 2.